The summed E-state index contributed by atoms with van der Waals surface area (Å²) in [5.74, 6) is -1.45. The Morgan fingerprint density at radius 2 is 2.07 bits per heavy atom. The predicted molar refractivity (Wildman–Crippen MR) is 50.8 cm³/mol. The van der Waals surface area contributed by atoms with Gasteiger partial charge in [0.15, 0.2) is 0 Å². The SMILES string of the molecule is O=c1[nH]c2c(Br)cc(F)cc2c(=O)o1. The average molecular weight is 260 g/mol. The van der Waals surface area contributed by atoms with Crippen LogP contribution < -0.4 is 11.4 Å². The molecule has 4 nitrogen and oxygen atoms in total. The van der Waals surface area contributed by atoms with Crippen LogP contribution in [-0.2, 0) is 0 Å². The second kappa shape index (κ2) is 3.06. The summed E-state index contributed by atoms with van der Waals surface area (Å²) in [4.78, 5) is 24.2. The Hall–Kier alpha value is -1.43. The van der Waals surface area contributed by atoms with E-state index in [9.17, 15) is 14.0 Å². The van der Waals surface area contributed by atoms with Crippen LogP contribution in [-0.4, -0.2) is 4.98 Å². The molecule has 1 aromatic carbocycles. The number of rotatable bonds is 0. The fraction of sp³-hybridized carbons (Fsp3) is 0. The normalized spacial score (nSPS) is 10.7. The van der Waals surface area contributed by atoms with Crippen molar-refractivity contribution in [3.8, 4) is 0 Å². The van der Waals surface area contributed by atoms with Crippen LogP contribution in [0.5, 0.6) is 0 Å². The monoisotopic (exact) mass is 259 g/mol. The third-order valence-corrected chi connectivity index (χ3v) is 2.31. The van der Waals surface area contributed by atoms with Crippen LogP contribution >= 0.6 is 15.9 Å². The van der Waals surface area contributed by atoms with E-state index in [0.29, 0.717) is 4.47 Å². The van der Waals surface area contributed by atoms with Gasteiger partial charge in [0.2, 0.25) is 0 Å². The molecule has 0 aliphatic carbocycles. The van der Waals surface area contributed by atoms with Gasteiger partial charge in [0.25, 0.3) is 0 Å². The zero-order valence-corrected chi connectivity index (χ0v) is 8.22. The molecule has 0 bridgehead atoms. The summed E-state index contributed by atoms with van der Waals surface area (Å²) < 4.78 is 17.4. The Morgan fingerprint density at radius 1 is 1.36 bits per heavy atom. The molecule has 0 amide bonds. The Morgan fingerprint density at radius 3 is 2.79 bits per heavy atom. The third-order valence-electron chi connectivity index (χ3n) is 1.69. The fourth-order valence-corrected chi connectivity index (χ4v) is 1.66. The van der Waals surface area contributed by atoms with Gasteiger partial charge >= 0.3 is 11.4 Å². The molecule has 0 saturated heterocycles. The zero-order valence-electron chi connectivity index (χ0n) is 6.64. The molecule has 0 atom stereocenters. The van der Waals surface area contributed by atoms with E-state index in [1.54, 1.807) is 0 Å². The second-order valence-corrected chi connectivity index (χ2v) is 3.47. The molecule has 1 aromatic heterocycles. The number of fused-ring (bicyclic) bond motifs is 1. The number of aromatic nitrogens is 1. The van der Waals surface area contributed by atoms with Crippen molar-refractivity contribution in [2.45, 2.75) is 0 Å². The molecular weight excluding hydrogens is 257 g/mol. The molecule has 1 heterocycles. The molecule has 0 fully saturated rings. The van der Waals surface area contributed by atoms with Crippen molar-refractivity contribution in [3.05, 3.63) is 43.4 Å². The van der Waals surface area contributed by atoms with E-state index in [1.165, 1.54) is 0 Å². The first-order chi connectivity index (χ1) is 6.58. The lowest BCUT2D eigenvalue weighted by molar-refractivity contribution is 0.459. The summed E-state index contributed by atoms with van der Waals surface area (Å²) in [6, 6.07) is 2.15. The molecule has 6 heteroatoms. The number of benzene rings is 1. The maximum atomic E-state index is 12.9. The highest BCUT2D eigenvalue weighted by atomic mass is 79.9. The standard InChI is InChI=1S/C8H3BrFNO3/c9-5-2-3(10)1-4-6(5)11-8(13)14-7(4)12/h1-2H,(H,11,13). The lowest BCUT2D eigenvalue weighted by Gasteiger charge is -1.97. The van der Waals surface area contributed by atoms with Gasteiger partial charge in [-0.2, -0.15) is 0 Å². The van der Waals surface area contributed by atoms with E-state index in [0.717, 1.165) is 12.1 Å². The zero-order chi connectivity index (χ0) is 10.3. The van der Waals surface area contributed by atoms with Crippen LogP contribution in [0.3, 0.4) is 0 Å². The molecule has 0 saturated carbocycles. The highest BCUT2D eigenvalue weighted by Gasteiger charge is 2.07. The smallest absolute Gasteiger partial charge is 0.372 e. The average Bonchev–Trinajstić information content (AvgIpc) is 2.07. The largest absolute Gasteiger partial charge is 0.419 e. The number of nitrogens with one attached hydrogen (secondary N) is 1. The van der Waals surface area contributed by atoms with Crippen molar-refractivity contribution >= 4 is 26.8 Å². The molecule has 72 valence electrons. The minimum absolute atomic E-state index is 0.00326. The van der Waals surface area contributed by atoms with Gasteiger partial charge in [0.05, 0.1) is 10.9 Å². The summed E-state index contributed by atoms with van der Waals surface area (Å²) in [5.41, 5.74) is -0.628. The first-order valence-corrected chi connectivity index (χ1v) is 4.39. The minimum atomic E-state index is -0.866. The molecular formula is C8H3BrFNO3. The number of aromatic amines is 1. The van der Waals surface area contributed by atoms with Crippen molar-refractivity contribution in [2.24, 2.45) is 0 Å². The first kappa shape index (κ1) is 9.14. The molecule has 1 N–H and O–H groups in total. The number of halogens is 2. The minimum Gasteiger partial charge on any atom is -0.372 e. The summed E-state index contributed by atoms with van der Waals surface area (Å²) in [6.07, 6.45) is 0. The molecule has 0 radical (unpaired) electrons. The Kier molecular flexibility index (Phi) is 1.99. The molecule has 2 aromatic rings. The summed E-state index contributed by atoms with van der Waals surface area (Å²) in [5, 5.41) is -0.00326. The topological polar surface area (TPSA) is 63.1 Å². The Balaban J connectivity index is 3.10. The fourth-order valence-electron chi connectivity index (χ4n) is 1.13. The number of hydrogen-bond acceptors (Lipinski definition) is 3. The van der Waals surface area contributed by atoms with Crippen LogP contribution in [0.25, 0.3) is 10.9 Å². The summed E-state index contributed by atoms with van der Waals surface area (Å²) >= 11 is 3.03. The van der Waals surface area contributed by atoms with Crippen molar-refractivity contribution in [1.29, 1.82) is 0 Å². The van der Waals surface area contributed by atoms with Crippen molar-refractivity contribution in [3.63, 3.8) is 0 Å². The molecule has 0 aliphatic heterocycles. The van der Waals surface area contributed by atoms with Crippen molar-refractivity contribution in [2.75, 3.05) is 0 Å². The highest BCUT2D eigenvalue weighted by Crippen LogP contribution is 2.20. The Labute approximate surface area is 84.5 Å². The lowest BCUT2D eigenvalue weighted by Crippen LogP contribution is -2.14. The first-order valence-electron chi connectivity index (χ1n) is 3.60. The highest BCUT2D eigenvalue weighted by molar-refractivity contribution is 9.10. The van der Waals surface area contributed by atoms with Gasteiger partial charge in [-0.15, -0.1) is 0 Å². The summed E-state index contributed by atoms with van der Waals surface area (Å²) in [6.45, 7) is 0. The van der Waals surface area contributed by atoms with Gasteiger partial charge in [-0.25, -0.2) is 14.0 Å². The van der Waals surface area contributed by atoms with Crippen molar-refractivity contribution in [1.82, 2.24) is 4.98 Å². The number of H-pyrrole nitrogens is 1. The second-order valence-electron chi connectivity index (χ2n) is 2.61. The molecule has 14 heavy (non-hydrogen) atoms. The van der Waals surface area contributed by atoms with E-state index in [-0.39, 0.29) is 10.9 Å². The quantitative estimate of drug-likeness (QED) is 0.778. The van der Waals surface area contributed by atoms with Gasteiger partial charge in [-0.1, -0.05) is 0 Å². The van der Waals surface area contributed by atoms with Crippen LogP contribution in [0.2, 0.25) is 0 Å². The van der Waals surface area contributed by atoms with Crippen LogP contribution in [0.4, 0.5) is 4.39 Å². The molecule has 0 spiro atoms. The van der Waals surface area contributed by atoms with Gasteiger partial charge in [-0.05, 0) is 28.1 Å². The van der Waals surface area contributed by atoms with Crippen LogP contribution in [0.15, 0.2) is 30.6 Å². The van der Waals surface area contributed by atoms with Gasteiger partial charge in [0, 0.05) is 4.47 Å². The van der Waals surface area contributed by atoms with Crippen molar-refractivity contribution < 1.29 is 8.81 Å². The van der Waals surface area contributed by atoms with Crippen LogP contribution in [0.1, 0.15) is 0 Å². The molecule has 2 rings (SSSR count). The van der Waals surface area contributed by atoms with Gasteiger partial charge in [0.1, 0.15) is 5.82 Å². The van der Waals surface area contributed by atoms with Crippen LogP contribution in [0, 0.1) is 5.82 Å². The molecule has 0 aliphatic rings. The number of hydrogen-bond donors (Lipinski definition) is 1. The summed E-state index contributed by atoms with van der Waals surface area (Å²) in [7, 11) is 0. The van der Waals surface area contributed by atoms with Gasteiger partial charge < -0.3 is 4.42 Å². The molecule has 0 unspecified atom stereocenters. The predicted octanol–water partition coefficient (Wildman–Crippen LogP) is 1.38. The maximum absolute atomic E-state index is 12.9. The van der Waals surface area contributed by atoms with E-state index in [2.05, 4.69) is 25.3 Å². The third kappa shape index (κ3) is 1.37. The van der Waals surface area contributed by atoms with E-state index < -0.39 is 17.2 Å². The maximum Gasteiger partial charge on any atom is 0.419 e. The van der Waals surface area contributed by atoms with E-state index in [4.69, 9.17) is 0 Å². The Bertz CT molecular complexity index is 616. The van der Waals surface area contributed by atoms with E-state index in [1.807, 2.05) is 0 Å². The van der Waals surface area contributed by atoms with E-state index >= 15 is 0 Å². The lowest BCUT2D eigenvalue weighted by atomic mass is 10.2. The van der Waals surface area contributed by atoms with Gasteiger partial charge in [-0.3, -0.25) is 4.98 Å².